The average molecular weight is 378 g/mol. The first-order valence-electron chi connectivity index (χ1n) is 9.86. The van der Waals surface area contributed by atoms with Crippen molar-refractivity contribution < 1.29 is 4.79 Å². The summed E-state index contributed by atoms with van der Waals surface area (Å²) in [6.07, 6.45) is 6.06. The van der Waals surface area contributed by atoms with Gasteiger partial charge in [-0.25, -0.2) is 14.6 Å². The third-order valence-corrected chi connectivity index (χ3v) is 5.19. The van der Waals surface area contributed by atoms with Gasteiger partial charge < -0.3 is 10.2 Å². The Morgan fingerprint density at radius 2 is 2.00 bits per heavy atom. The molecule has 1 aliphatic rings. The fraction of sp³-hybridized carbons (Fsp3) is 0.429. The maximum Gasteiger partial charge on any atom is 0.253 e. The molecule has 146 valence electrons. The molecule has 0 atom stereocenters. The summed E-state index contributed by atoms with van der Waals surface area (Å²) >= 11 is 0. The fourth-order valence-electron chi connectivity index (χ4n) is 3.61. The van der Waals surface area contributed by atoms with Crippen molar-refractivity contribution in [1.82, 2.24) is 25.1 Å². The van der Waals surface area contributed by atoms with Gasteiger partial charge in [0.1, 0.15) is 5.82 Å². The maximum absolute atomic E-state index is 12.7. The van der Waals surface area contributed by atoms with Crippen molar-refractivity contribution in [2.24, 2.45) is 0 Å². The van der Waals surface area contributed by atoms with E-state index in [1.807, 2.05) is 36.0 Å². The molecule has 0 unspecified atom stereocenters. The van der Waals surface area contributed by atoms with Crippen LogP contribution in [0.4, 0.5) is 5.82 Å². The molecule has 3 aromatic heterocycles. The molecule has 3 aromatic rings. The third kappa shape index (κ3) is 3.56. The minimum absolute atomic E-state index is 0.132. The third-order valence-electron chi connectivity index (χ3n) is 5.19. The molecule has 1 saturated heterocycles. The number of carbonyl (C=O) groups excluding carboxylic acids is 1. The summed E-state index contributed by atoms with van der Waals surface area (Å²) in [6, 6.07) is 6.15. The highest BCUT2D eigenvalue weighted by molar-refractivity contribution is 5.98. The zero-order valence-corrected chi connectivity index (χ0v) is 16.6. The molecule has 1 fully saturated rings. The molecule has 4 heterocycles. The standard InChI is InChI=1S/C21H26N6O/c1-14(2)27-20-17(13-24-27)10-18(15(3)25-20)21(28)23-12-16-6-7-19(22-11-16)26-8-4-5-9-26/h6-7,10-11,13-14H,4-5,8-9,12H2,1-3H3,(H,23,28). The van der Waals surface area contributed by atoms with E-state index in [0.717, 1.165) is 35.5 Å². The number of amides is 1. The average Bonchev–Trinajstić information content (AvgIpc) is 3.35. The molecule has 28 heavy (non-hydrogen) atoms. The summed E-state index contributed by atoms with van der Waals surface area (Å²) in [5, 5.41) is 8.24. The summed E-state index contributed by atoms with van der Waals surface area (Å²) in [4.78, 5) is 24.1. The topological polar surface area (TPSA) is 75.9 Å². The summed E-state index contributed by atoms with van der Waals surface area (Å²) in [6.45, 7) is 8.57. The molecule has 1 aliphatic heterocycles. The van der Waals surface area contributed by atoms with Gasteiger partial charge in [0, 0.05) is 37.3 Å². The second-order valence-electron chi connectivity index (χ2n) is 7.62. The van der Waals surface area contributed by atoms with E-state index in [9.17, 15) is 4.79 Å². The molecule has 1 amide bonds. The van der Waals surface area contributed by atoms with Crippen molar-refractivity contribution in [3.05, 3.63) is 47.4 Å². The van der Waals surface area contributed by atoms with Crippen LogP contribution < -0.4 is 10.2 Å². The zero-order chi connectivity index (χ0) is 19.7. The molecule has 0 radical (unpaired) electrons. The van der Waals surface area contributed by atoms with E-state index in [0.29, 0.717) is 17.8 Å². The van der Waals surface area contributed by atoms with Crippen LogP contribution in [0.5, 0.6) is 0 Å². The van der Waals surface area contributed by atoms with Crippen molar-refractivity contribution in [1.29, 1.82) is 0 Å². The van der Waals surface area contributed by atoms with Crippen LogP contribution in [-0.4, -0.2) is 38.7 Å². The molecule has 7 nitrogen and oxygen atoms in total. The van der Waals surface area contributed by atoms with Gasteiger partial charge in [-0.1, -0.05) is 6.07 Å². The first-order valence-corrected chi connectivity index (χ1v) is 9.86. The van der Waals surface area contributed by atoms with E-state index in [1.165, 1.54) is 12.8 Å². The van der Waals surface area contributed by atoms with Crippen LogP contribution in [0.1, 0.15) is 54.3 Å². The van der Waals surface area contributed by atoms with Crippen molar-refractivity contribution in [2.75, 3.05) is 18.0 Å². The van der Waals surface area contributed by atoms with Crippen LogP contribution in [0, 0.1) is 6.92 Å². The predicted octanol–water partition coefficient (Wildman–Crippen LogP) is 3.25. The lowest BCUT2D eigenvalue weighted by atomic mass is 10.1. The van der Waals surface area contributed by atoms with Crippen LogP contribution in [-0.2, 0) is 6.54 Å². The van der Waals surface area contributed by atoms with Crippen LogP contribution in [0.15, 0.2) is 30.6 Å². The Morgan fingerprint density at radius 3 is 2.68 bits per heavy atom. The van der Waals surface area contributed by atoms with Gasteiger partial charge in [0.2, 0.25) is 0 Å². The van der Waals surface area contributed by atoms with Crippen molar-refractivity contribution in [3.8, 4) is 0 Å². The monoisotopic (exact) mass is 378 g/mol. The number of nitrogens with one attached hydrogen (secondary N) is 1. The van der Waals surface area contributed by atoms with Crippen LogP contribution in [0.3, 0.4) is 0 Å². The number of rotatable bonds is 5. The number of hydrogen-bond donors (Lipinski definition) is 1. The number of aryl methyl sites for hydroxylation is 1. The molecule has 7 heteroatoms. The Kier molecular flexibility index (Phi) is 4.98. The maximum atomic E-state index is 12.7. The Labute approximate surface area is 164 Å². The van der Waals surface area contributed by atoms with E-state index in [1.54, 1.807) is 6.20 Å². The van der Waals surface area contributed by atoms with E-state index >= 15 is 0 Å². The van der Waals surface area contributed by atoms with Gasteiger partial charge in [0.25, 0.3) is 5.91 Å². The number of hydrogen-bond acceptors (Lipinski definition) is 5. The number of fused-ring (bicyclic) bond motifs is 1. The second kappa shape index (κ2) is 7.58. The Bertz CT molecular complexity index is 986. The Morgan fingerprint density at radius 1 is 1.21 bits per heavy atom. The molecule has 0 aliphatic carbocycles. The molecular weight excluding hydrogens is 352 g/mol. The van der Waals surface area contributed by atoms with Gasteiger partial charge in [0.15, 0.2) is 5.65 Å². The number of carbonyl (C=O) groups is 1. The summed E-state index contributed by atoms with van der Waals surface area (Å²) in [5.41, 5.74) is 3.08. The first-order chi connectivity index (χ1) is 13.5. The number of aromatic nitrogens is 4. The molecule has 0 saturated carbocycles. The molecular formula is C21H26N6O. The highest BCUT2D eigenvalue weighted by Gasteiger charge is 2.16. The lowest BCUT2D eigenvalue weighted by Gasteiger charge is -2.16. The van der Waals surface area contributed by atoms with Gasteiger partial charge in [-0.3, -0.25) is 4.79 Å². The molecule has 0 spiro atoms. The van der Waals surface area contributed by atoms with Crippen molar-refractivity contribution >= 4 is 22.8 Å². The minimum atomic E-state index is -0.132. The lowest BCUT2D eigenvalue weighted by molar-refractivity contribution is 0.0950. The molecule has 0 aromatic carbocycles. The largest absolute Gasteiger partial charge is 0.357 e. The second-order valence-corrected chi connectivity index (χ2v) is 7.62. The smallest absolute Gasteiger partial charge is 0.253 e. The van der Waals surface area contributed by atoms with Gasteiger partial charge in [-0.2, -0.15) is 5.10 Å². The van der Waals surface area contributed by atoms with Crippen LogP contribution >= 0.6 is 0 Å². The highest BCUT2D eigenvalue weighted by Crippen LogP contribution is 2.20. The highest BCUT2D eigenvalue weighted by atomic mass is 16.1. The molecule has 0 bridgehead atoms. The SMILES string of the molecule is Cc1nc2c(cnn2C(C)C)cc1C(=O)NCc1ccc(N2CCCC2)nc1. The van der Waals surface area contributed by atoms with E-state index in [2.05, 4.69) is 39.1 Å². The number of nitrogens with zero attached hydrogens (tertiary/aromatic N) is 5. The number of anilines is 1. The van der Waals surface area contributed by atoms with Gasteiger partial charge in [0.05, 0.1) is 17.5 Å². The molecule has 1 N–H and O–H groups in total. The minimum Gasteiger partial charge on any atom is -0.357 e. The lowest BCUT2D eigenvalue weighted by Crippen LogP contribution is -2.24. The van der Waals surface area contributed by atoms with Crippen LogP contribution in [0.25, 0.3) is 11.0 Å². The van der Waals surface area contributed by atoms with Crippen molar-refractivity contribution in [2.45, 2.75) is 46.2 Å². The van der Waals surface area contributed by atoms with Gasteiger partial charge in [-0.15, -0.1) is 0 Å². The summed E-state index contributed by atoms with van der Waals surface area (Å²) < 4.78 is 1.87. The first kappa shape index (κ1) is 18.4. The van der Waals surface area contributed by atoms with E-state index < -0.39 is 0 Å². The number of pyridine rings is 2. The zero-order valence-electron chi connectivity index (χ0n) is 16.6. The Balaban J connectivity index is 1.45. The summed E-state index contributed by atoms with van der Waals surface area (Å²) in [5.74, 6) is 0.882. The van der Waals surface area contributed by atoms with Crippen LogP contribution in [0.2, 0.25) is 0 Å². The van der Waals surface area contributed by atoms with Gasteiger partial charge >= 0.3 is 0 Å². The summed E-state index contributed by atoms with van der Waals surface area (Å²) in [7, 11) is 0. The Hall–Kier alpha value is -2.96. The quantitative estimate of drug-likeness (QED) is 0.738. The van der Waals surface area contributed by atoms with E-state index in [4.69, 9.17) is 0 Å². The van der Waals surface area contributed by atoms with Crippen molar-refractivity contribution in [3.63, 3.8) is 0 Å². The fourth-order valence-corrected chi connectivity index (χ4v) is 3.61. The van der Waals surface area contributed by atoms with Gasteiger partial charge in [-0.05, 0) is 51.3 Å². The van der Waals surface area contributed by atoms with E-state index in [-0.39, 0.29) is 11.9 Å². The molecule has 4 rings (SSSR count). The normalized spacial score (nSPS) is 14.2. The predicted molar refractivity (Wildman–Crippen MR) is 110 cm³/mol.